The van der Waals surface area contributed by atoms with Crippen molar-refractivity contribution in [3.63, 3.8) is 0 Å². The van der Waals surface area contributed by atoms with E-state index in [0.29, 0.717) is 12.5 Å². The molecule has 0 spiro atoms. The fourth-order valence-electron chi connectivity index (χ4n) is 4.17. The van der Waals surface area contributed by atoms with Crippen molar-refractivity contribution in [2.24, 2.45) is 11.8 Å². The molecule has 11 heteroatoms. The first kappa shape index (κ1) is 20.0. The van der Waals surface area contributed by atoms with Gasteiger partial charge in [-0.2, -0.15) is 8.78 Å². The van der Waals surface area contributed by atoms with Crippen LogP contribution in [-0.2, 0) is 19.4 Å². The Morgan fingerprint density at radius 2 is 1.97 bits per heavy atom. The lowest BCUT2D eigenvalue weighted by molar-refractivity contribution is -0.143. The Bertz CT molecular complexity index is 960. The molecule has 2 aliphatic heterocycles. The van der Waals surface area contributed by atoms with Gasteiger partial charge >= 0.3 is 12.0 Å². The number of sulfone groups is 1. The van der Waals surface area contributed by atoms with Gasteiger partial charge in [0.1, 0.15) is 11.9 Å². The molecule has 29 heavy (non-hydrogen) atoms. The number of fused-ring (bicyclic) bond motifs is 1. The van der Waals surface area contributed by atoms with E-state index in [1.165, 1.54) is 6.07 Å². The normalized spacial score (nSPS) is 30.1. The zero-order valence-corrected chi connectivity index (χ0v) is 16.2. The number of halogens is 3. The molecule has 2 heterocycles. The van der Waals surface area contributed by atoms with E-state index in [1.807, 2.05) is 5.32 Å². The summed E-state index contributed by atoms with van der Waals surface area (Å²) in [5.41, 5.74) is 0.671. The maximum atomic E-state index is 14.6. The standard InChI is InChI=1S/C18H19F3N2O5S/c1-18(20,21)16(24)22-5-10-6-23(17(25)28-10)9-2-3-11(14(19)4-9)15-12-7-29(26,27)8-13(12)15/h2-4,10,12-13,15H,5-8H2,1H3,(H,22,24)/t10-,12-,13+,15?/m0/s1. The SMILES string of the molecule is CC(F)(F)C(=O)NC[C@H]1CN(c2ccc(C3[C@H]4CS(=O)(=O)C[C@@H]34)c(F)c2)C(=O)O1. The molecular weight excluding hydrogens is 413 g/mol. The molecule has 7 nitrogen and oxygen atoms in total. The molecule has 1 N–H and O–H groups in total. The third kappa shape index (κ3) is 3.79. The number of ether oxygens (including phenoxy) is 1. The molecule has 0 bridgehead atoms. The molecule has 1 aliphatic carbocycles. The first-order valence-electron chi connectivity index (χ1n) is 9.10. The predicted octanol–water partition coefficient (Wildman–Crippen LogP) is 1.68. The van der Waals surface area contributed by atoms with Crippen LogP contribution in [0.1, 0.15) is 18.4 Å². The van der Waals surface area contributed by atoms with Crippen LogP contribution in [0.2, 0.25) is 0 Å². The average Bonchev–Trinajstić information content (AvgIpc) is 2.95. The lowest BCUT2D eigenvalue weighted by Crippen LogP contribution is -2.42. The Labute approximate surface area is 165 Å². The minimum Gasteiger partial charge on any atom is -0.442 e. The van der Waals surface area contributed by atoms with Crippen molar-refractivity contribution >= 4 is 27.5 Å². The van der Waals surface area contributed by atoms with Crippen molar-refractivity contribution in [2.75, 3.05) is 29.5 Å². The highest BCUT2D eigenvalue weighted by molar-refractivity contribution is 7.91. The van der Waals surface area contributed by atoms with Crippen LogP contribution in [-0.4, -0.2) is 57.0 Å². The lowest BCUT2D eigenvalue weighted by Gasteiger charge is -2.15. The number of benzene rings is 1. The molecule has 158 valence electrons. The van der Waals surface area contributed by atoms with E-state index in [2.05, 4.69) is 0 Å². The molecule has 0 radical (unpaired) electrons. The number of amides is 2. The van der Waals surface area contributed by atoms with Gasteiger partial charge in [0, 0.05) is 6.92 Å². The van der Waals surface area contributed by atoms with Gasteiger partial charge in [-0.1, -0.05) is 6.07 Å². The molecule has 2 amide bonds. The summed E-state index contributed by atoms with van der Waals surface area (Å²) in [6.07, 6.45) is -1.61. The number of anilines is 1. The minimum atomic E-state index is -3.54. The van der Waals surface area contributed by atoms with Crippen LogP contribution in [0.3, 0.4) is 0 Å². The summed E-state index contributed by atoms with van der Waals surface area (Å²) < 4.78 is 68.6. The van der Waals surface area contributed by atoms with E-state index in [-0.39, 0.29) is 48.0 Å². The molecule has 2 saturated heterocycles. The number of nitrogens with one attached hydrogen (secondary N) is 1. The van der Waals surface area contributed by atoms with Crippen molar-refractivity contribution in [2.45, 2.75) is 24.9 Å². The van der Waals surface area contributed by atoms with Crippen LogP contribution in [0.4, 0.5) is 23.7 Å². The van der Waals surface area contributed by atoms with Gasteiger partial charge < -0.3 is 10.1 Å². The van der Waals surface area contributed by atoms with Crippen LogP contribution >= 0.6 is 0 Å². The van der Waals surface area contributed by atoms with Crippen LogP contribution in [0.5, 0.6) is 0 Å². The van der Waals surface area contributed by atoms with Gasteiger partial charge in [0.15, 0.2) is 9.84 Å². The minimum absolute atomic E-state index is 0.0277. The van der Waals surface area contributed by atoms with E-state index in [9.17, 15) is 31.2 Å². The molecule has 1 aromatic carbocycles. The van der Waals surface area contributed by atoms with E-state index in [4.69, 9.17) is 4.74 Å². The number of carbonyl (C=O) groups excluding carboxylic acids is 2. The van der Waals surface area contributed by atoms with E-state index in [1.54, 1.807) is 12.1 Å². The fourth-order valence-corrected chi connectivity index (χ4v) is 6.39. The van der Waals surface area contributed by atoms with Gasteiger partial charge in [0.25, 0.3) is 5.91 Å². The number of nitrogens with zero attached hydrogens (tertiary/aromatic N) is 1. The topological polar surface area (TPSA) is 92.8 Å². The summed E-state index contributed by atoms with van der Waals surface area (Å²) >= 11 is 0. The third-order valence-corrected chi connectivity index (χ3v) is 7.43. The zero-order valence-electron chi connectivity index (χ0n) is 15.4. The number of rotatable bonds is 5. The second-order valence-corrected chi connectivity index (χ2v) is 10.0. The Morgan fingerprint density at radius 1 is 1.31 bits per heavy atom. The van der Waals surface area contributed by atoms with Crippen molar-refractivity contribution in [1.82, 2.24) is 5.32 Å². The summed E-state index contributed by atoms with van der Waals surface area (Å²) in [7, 11) is -3.02. The van der Waals surface area contributed by atoms with E-state index in [0.717, 1.165) is 4.90 Å². The fraction of sp³-hybridized carbons (Fsp3) is 0.556. The highest BCUT2D eigenvalue weighted by Crippen LogP contribution is 2.59. The Morgan fingerprint density at radius 3 is 2.55 bits per heavy atom. The first-order valence-corrected chi connectivity index (χ1v) is 10.9. The summed E-state index contributed by atoms with van der Waals surface area (Å²) in [6, 6.07) is 4.27. The number of hydrogen-bond acceptors (Lipinski definition) is 5. The summed E-state index contributed by atoms with van der Waals surface area (Å²) in [6.45, 7) is 0.147. The summed E-state index contributed by atoms with van der Waals surface area (Å²) in [5.74, 6) is -5.63. The predicted molar refractivity (Wildman–Crippen MR) is 96.0 cm³/mol. The Balaban J connectivity index is 1.40. The van der Waals surface area contributed by atoms with E-state index < -0.39 is 39.7 Å². The van der Waals surface area contributed by atoms with Crippen LogP contribution < -0.4 is 10.2 Å². The molecule has 4 atom stereocenters. The van der Waals surface area contributed by atoms with Crippen molar-refractivity contribution in [3.05, 3.63) is 29.6 Å². The number of cyclic esters (lactones) is 1. The molecule has 3 aliphatic rings. The largest absolute Gasteiger partial charge is 0.442 e. The highest BCUT2D eigenvalue weighted by atomic mass is 32.2. The monoisotopic (exact) mass is 432 g/mol. The van der Waals surface area contributed by atoms with Crippen LogP contribution in [0.15, 0.2) is 18.2 Å². The molecular formula is C18H19F3N2O5S. The van der Waals surface area contributed by atoms with E-state index >= 15 is 0 Å². The van der Waals surface area contributed by atoms with Crippen molar-refractivity contribution in [1.29, 1.82) is 0 Å². The number of hydrogen-bond donors (Lipinski definition) is 1. The molecule has 1 aromatic rings. The molecule has 1 saturated carbocycles. The van der Waals surface area contributed by atoms with Crippen LogP contribution in [0.25, 0.3) is 0 Å². The lowest BCUT2D eigenvalue weighted by atomic mass is 10.1. The van der Waals surface area contributed by atoms with Gasteiger partial charge in [0.2, 0.25) is 0 Å². The molecule has 4 rings (SSSR count). The second kappa shape index (κ2) is 6.61. The molecule has 0 aromatic heterocycles. The highest BCUT2D eigenvalue weighted by Gasteiger charge is 2.59. The van der Waals surface area contributed by atoms with Crippen LogP contribution in [0, 0.1) is 17.7 Å². The smallest absolute Gasteiger partial charge is 0.414 e. The second-order valence-electron chi connectivity index (χ2n) is 7.85. The summed E-state index contributed by atoms with van der Waals surface area (Å²) in [4.78, 5) is 24.4. The first-order chi connectivity index (χ1) is 13.5. The molecule has 3 fully saturated rings. The van der Waals surface area contributed by atoms with Gasteiger partial charge in [-0.15, -0.1) is 0 Å². The quantitative estimate of drug-likeness (QED) is 0.764. The van der Waals surface area contributed by atoms with Crippen molar-refractivity contribution < 1.29 is 35.9 Å². The average molecular weight is 432 g/mol. The van der Waals surface area contributed by atoms with Crippen molar-refractivity contribution in [3.8, 4) is 0 Å². The zero-order chi connectivity index (χ0) is 21.1. The van der Waals surface area contributed by atoms with Gasteiger partial charge in [-0.05, 0) is 35.4 Å². The maximum absolute atomic E-state index is 14.6. The third-order valence-electron chi connectivity index (χ3n) is 5.64. The van der Waals surface area contributed by atoms with Gasteiger partial charge in [-0.25, -0.2) is 17.6 Å². The number of alkyl halides is 2. The Kier molecular flexibility index (Phi) is 4.56. The Hall–Kier alpha value is -2.30. The molecule has 1 unspecified atom stereocenters. The summed E-state index contributed by atoms with van der Waals surface area (Å²) in [5, 5.41) is 2.01. The van der Waals surface area contributed by atoms with Gasteiger partial charge in [-0.3, -0.25) is 9.69 Å². The maximum Gasteiger partial charge on any atom is 0.414 e. The van der Waals surface area contributed by atoms with Gasteiger partial charge in [0.05, 0.1) is 30.3 Å². The number of carbonyl (C=O) groups is 2.